The van der Waals surface area contributed by atoms with E-state index in [0.717, 1.165) is 4.57 Å². The van der Waals surface area contributed by atoms with Crippen LogP contribution in [0.2, 0.25) is 0 Å². The zero-order valence-corrected chi connectivity index (χ0v) is 12.3. The summed E-state index contributed by atoms with van der Waals surface area (Å²) < 4.78 is 13.1. The van der Waals surface area contributed by atoms with E-state index in [0.29, 0.717) is 23.3 Å². The number of methoxy groups -OCH3 is 1. The first kappa shape index (κ1) is 15.6. The molecule has 2 rings (SSSR count). The van der Waals surface area contributed by atoms with Gasteiger partial charge in [0, 0.05) is 24.9 Å². The third-order valence-electron chi connectivity index (χ3n) is 3.14. The molecule has 1 heterocycles. The zero-order chi connectivity index (χ0) is 16.1. The third kappa shape index (κ3) is 3.25. The summed E-state index contributed by atoms with van der Waals surface area (Å²) in [7, 11) is 3.04. The molecule has 0 N–H and O–H groups in total. The Morgan fingerprint density at radius 1 is 1.18 bits per heavy atom. The zero-order valence-electron chi connectivity index (χ0n) is 12.3. The summed E-state index contributed by atoms with van der Waals surface area (Å²) in [6.07, 6.45) is 2.13. The molecule has 1 aromatic carbocycles. The van der Waals surface area contributed by atoms with Gasteiger partial charge in [-0.1, -0.05) is 0 Å². The quantitative estimate of drug-likeness (QED) is 0.724. The number of carbonyl (C=O) groups excluding carboxylic acids is 1. The molecule has 0 spiro atoms. The highest BCUT2D eigenvalue weighted by Crippen LogP contribution is 2.27. The van der Waals surface area contributed by atoms with Crippen LogP contribution in [0.4, 0.5) is 0 Å². The summed E-state index contributed by atoms with van der Waals surface area (Å²) in [4.78, 5) is 34.2. The Morgan fingerprint density at radius 3 is 2.64 bits per heavy atom. The molecule has 0 fully saturated rings. The molecule has 0 radical (unpaired) electrons. The molecule has 1 aromatic heterocycles. The Labute approximate surface area is 126 Å². The molecule has 0 bridgehead atoms. The Balaban J connectivity index is 2.12. The molecule has 0 unspecified atom stereocenters. The molecular formula is C15H16N2O5. The van der Waals surface area contributed by atoms with Crippen LogP contribution in [0.25, 0.3) is 0 Å². The van der Waals surface area contributed by atoms with E-state index in [1.807, 2.05) is 0 Å². The van der Waals surface area contributed by atoms with Crippen molar-refractivity contribution in [3.05, 3.63) is 56.9 Å². The number of aromatic nitrogens is 2. The highest BCUT2D eigenvalue weighted by Gasteiger charge is 2.07. The van der Waals surface area contributed by atoms with Crippen LogP contribution in [-0.4, -0.2) is 29.1 Å². The van der Waals surface area contributed by atoms with E-state index in [-0.39, 0.29) is 18.7 Å². The lowest BCUT2D eigenvalue weighted by Gasteiger charge is -2.12. The monoisotopic (exact) mass is 304 g/mol. The number of aryl methyl sites for hydroxylation is 1. The van der Waals surface area contributed by atoms with E-state index < -0.39 is 5.69 Å². The average Bonchev–Trinajstić information content (AvgIpc) is 2.54. The lowest BCUT2D eigenvalue weighted by molar-refractivity contribution is 0.112. The molecule has 7 heteroatoms. The molecule has 0 atom stereocenters. The molecule has 0 aliphatic carbocycles. The van der Waals surface area contributed by atoms with Crippen LogP contribution in [0, 0.1) is 0 Å². The molecule has 2 aromatic rings. The van der Waals surface area contributed by atoms with Crippen LogP contribution in [0.15, 0.2) is 40.1 Å². The van der Waals surface area contributed by atoms with Gasteiger partial charge in [-0.25, -0.2) is 4.79 Å². The summed E-state index contributed by atoms with van der Waals surface area (Å²) in [6, 6.07) is 6.07. The first-order valence-corrected chi connectivity index (χ1v) is 6.59. The van der Waals surface area contributed by atoms with Gasteiger partial charge in [0.1, 0.15) is 12.9 Å². The van der Waals surface area contributed by atoms with Crippen molar-refractivity contribution in [3.63, 3.8) is 0 Å². The second-order valence-corrected chi connectivity index (χ2v) is 4.58. The van der Waals surface area contributed by atoms with Gasteiger partial charge in [0.05, 0.1) is 13.7 Å². The fraction of sp³-hybridized carbons (Fsp3) is 0.267. The van der Waals surface area contributed by atoms with Crippen LogP contribution in [0.1, 0.15) is 10.4 Å². The highest BCUT2D eigenvalue weighted by atomic mass is 16.5. The van der Waals surface area contributed by atoms with Crippen molar-refractivity contribution < 1.29 is 14.3 Å². The van der Waals surface area contributed by atoms with E-state index in [1.54, 1.807) is 25.2 Å². The van der Waals surface area contributed by atoms with E-state index in [4.69, 9.17) is 9.47 Å². The van der Waals surface area contributed by atoms with Crippen LogP contribution in [-0.2, 0) is 13.6 Å². The molecule has 0 saturated carbocycles. The van der Waals surface area contributed by atoms with Crippen molar-refractivity contribution in [2.24, 2.45) is 7.05 Å². The second-order valence-electron chi connectivity index (χ2n) is 4.58. The van der Waals surface area contributed by atoms with Crippen LogP contribution in [0.3, 0.4) is 0 Å². The maximum atomic E-state index is 11.8. The van der Waals surface area contributed by atoms with Gasteiger partial charge in [-0.3, -0.25) is 14.2 Å². The summed E-state index contributed by atoms with van der Waals surface area (Å²) in [6.45, 7) is 0.237. The molecule has 116 valence electrons. The van der Waals surface area contributed by atoms with Crippen molar-refractivity contribution in [3.8, 4) is 11.5 Å². The fourth-order valence-corrected chi connectivity index (χ4v) is 1.94. The number of aldehydes is 1. The number of hydrogen-bond donors (Lipinski definition) is 0. The number of rotatable bonds is 6. The number of nitrogens with zero attached hydrogens (tertiary/aromatic N) is 2. The van der Waals surface area contributed by atoms with E-state index in [9.17, 15) is 14.4 Å². The lowest BCUT2D eigenvalue weighted by atomic mass is 10.2. The van der Waals surface area contributed by atoms with Crippen molar-refractivity contribution >= 4 is 6.29 Å². The first-order chi connectivity index (χ1) is 10.6. The molecule has 0 saturated heterocycles. The van der Waals surface area contributed by atoms with Crippen LogP contribution in [0.5, 0.6) is 11.5 Å². The number of carbonyl (C=O) groups is 1. The van der Waals surface area contributed by atoms with Gasteiger partial charge in [-0.15, -0.1) is 0 Å². The number of ether oxygens (including phenoxy) is 2. The van der Waals surface area contributed by atoms with Gasteiger partial charge >= 0.3 is 5.69 Å². The second kappa shape index (κ2) is 6.75. The summed E-state index contributed by atoms with van der Waals surface area (Å²) in [5, 5.41) is 0. The highest BCUT2D eigenvalue weighted by molar-refractivity contribution is 5.76. The molecular weight excluding hydrogens is 288 g/mol. The SMILES string of the molecule is COc1cc(C=O)ccc1OCCn1c(=O)ccn(C)c1=O. The summed E-state index contributed by atoms with van der Waals surface area (Å²) >= 11 is 0. The van der Waals surface area contributed by atoms with Crippen molar-refractivity contribution in [2.75, 3.05) is 13.7 Å². The van der Waals surface area contributed by atoms with Gasteiger partial charge in [0.2, 0.25) is 0 Å². The number of hydrogen-bond acceptors (Lipinski definition) is 5. The van der Waals surface area contributed by atoms with Crippen LogP contribution >= 0.6 is 0 Å². The summed E-state index contributed by atoms with van der Waals surface area (Å²) in [5.74, 6) is 0.854. The molecule has 22 heavy (non-hydrogen) atoms. The summed E-state index contributed by atoms with van der Waals surface area (Å²) in [5.41, 5.74) is -0.313. The van der Waals surface area contributed by atoms with Gasteiger partial charge in [0.15, 0.2) is 11.5 Å². The molecule has 0 amide bonds. The lowest BCUT2D eigenvalue weighted by Crippen LogP contribution is -2.39. The Hall–Kier alpha value is -2.83. The van der Waals surface area contributed by atoms with Gasteiger partial charge in [-0.05, 0) is 18.2 Å². The fourth-order valence-electron chi connectivity index (χ4n) is 1.94. The topological polar surface area (TPSA) is 79.5 Å². The predicted octanol–water partition coefficient (Wildman–Crippen LogP) is 0.447. The Kier molecular flexibility index (Phi) is 4.77. The molecule has 0 aliphatic rings. The smallest absolute Gasteiger partial charge is 0.330 e. The minimum absolute atomic E-state index is 0.116. The molecule has 0 aliphatic heterocycles. The first-order valence-electron chi connectivity index (χ1n) is 6.59. The maximum Gasteiger partial charge on any atom is 0.330 e. The van der Waals surface area contributed by atoms with E-state index in [1.165, 1.54) is 23.9 Å². The van der Waals surface area contributed by atoms with Crippen molar-refractivity contribution in [1.82, 2.24) is 9.13 Å². The van der Waals surface area contributed by atoms with Gasteiger partial charge < -0.3 is 14.0 Å². The minimum atomic E-state index is -0.403. The largest absolute Gasteiger partial charge is 0.493 e. The van der Waals surface area contributed by atoms with Crippen molar-refractivity contribution in [2.45, 2.75) is 6.54 Å². The third-order valence-corrected chi connectivity index (χ3v) is 3.14. The predicted molar refractivity (Wildman–Crippen MR) is 79.8 cm³/mol. The van der Waals surface area contributed by atoms with Gasteiger partial charge in [0.25, 0.3) is 5.56 Å². The average molecular weight is 304 g/mol. The molecule has 7 nitrogen and oxygen atoms in total. The normalized spacial score (nSPS) is 10.3. The van der Waals surface area contributed by atoms with Crippen molar-refractivity contribution in [1.29, 1.82) is 0 Å². The van der Waals surface area contributed by atoms with Gasteiger partial charge in [-0.2, -0.15) is 0 Å². The Bertz CT molecular complexity index is 791. The minimum Gasteiger partial charge on any atom is -0.493 e. The van der Waals surface area contributed by atoms with E-state index in [2.05, 4.69) is 0 Å². The maximum absolute atomic E-state index is 11.8. The van der Waals surface area contributed by atoms with E-state index >= 15 is 0 Å². The Morgan fingerprint density at radius 2 is 1.95 bits per heavy atom. The standard InChI is InChI=1S/C15H16N2O5/c1-16-6-5-14(19)17(15(16)20)7-8-22-12-4-3-11(10-18)9-13(12)21-2/h3-6,9-10H,7-8H2,1-2H3. The van der Waals surface area contributed by atoms with Crippen LogP contribution < -0.4 is 20.7 Å². The number of benzene rings is 1.